The third-order valence-corrected chi connectivity index (χ3v) is 4.05. The molecule has 1 fully saturated rings. The Morgan fingerprint density at radius 3 is 3.00 bits per heavy atom. The van der Waals surface area contributed by atoms with Crippen molar-refractivity contribution in [3.05, 3.63) is 17.8 Å². The first-order chi connectivity index (χ1) is 9.20. The van der Waals surface area contributed by atoms with Crippen molar-refractivity contribution in [1.29, 1.82) is 0 Å². The van der Waals surface area contributed by atoms with E-state index in [4.69, 9.17) is 10.5 Å². The lowest BCUT2D eigenvalue weighted by Gasteiger charge is -2.24. The van der Waals surface area contributed by atoms with Crippen LogP contribution in [0, 0.1) is 0 Å². The van der Waals surface area contributed by atoms with Crippen molar-refractivity contribution in [1.82, 2.24) is 4.98 Å². The fourth-order valence-corrected chi connectivity index (χ4v) is 3.13. The van der Waals surface area contributed by atoms with E-state index >= 15 is 0 Å². The number of anilines is 2. The SMILES string of the molecule is CCOC(=O)c1cc(N)ncc1NC1CCSCC1. The molecule has 2 heterocycles. The fraction of sp³-hybridized carbons (Fsp3) is 0.538. The van der Waals surface area contributed by atoms with Crippen LogP contribution in [0.1, 0.15) is 30.1 Å². The van der Waals surface area contributed by atoms with E-state index < -0.39 is 0 Å². The molecule has 19 heavy (non-hydrogen) atoms. The number of thioether (sulfide) groups is 1. The number of pyridine rings is 1. The minimum absolute atomic E-state index is 0.327. The second-order valence-corrected chi connectivity index (χ2v) is 5.63. The second-order valence-electron chi connectivity index (χ2n) is 4.41. The largest absolute Gasteiger partial charge is 0.462 e. The first kappa shape index (κ1) is 14.0. The van der Waals surface area contributed by atoms with Gasteiger partial charge in [0.25, 0.3) is 0 Å². The van der Waals surface area contributed by atoms with E-state index in [1.165, 1.54) is 0 Å². The zero-order valence-electron chi connectivity index (χ0n) is 11.0. The topological polar surface area (TPSA) is 77.2 Å². The zero-order valence-corrected chi connectivity index (χ0v) is 11.8. The van der Waals surface area contributed by atoms with E-state index in [0.29, 0.717) is 29.7 Å². The number of carbonyl (C=O) groups excluding carboxylic acids is 1. The number of ether oxygens (including phenoxy) is 1. The summed E-state index contributed by atoms with van der Waals surface area (Å²) < 4.78 is 5.05. The van der Waals surface area contributed by atoms with Gasteiger partial charge in [-0.05, 0) is 37.3 Å². The van der Waals surface area contributed by atoms with Crippen LogP contribution in [-0.2, 0) is 4.74 Å². The van der Waals surface area contributed by atoms with Crippen molar-refractivity contribution in [2.75, 3.05) is 29.2 Å². The molecule has 5 nitrogen and oxygen atoms in total. The molecule has 1 aliphatic rings. The van der Waals surface area contributed by atoms with Crippen molar-refractivity contribution in [3.63, 3.8) is 0 Å². The predicted molar refractivity (Wildman–Crippen MR) is 78.6 cm³/mol. The van der Waals surface area contributed by atoms with Crippen molar-refractivity contribution >= 4 is 29.2 Å². The summed E-state index contributed by atoms with van der Waals surface area (Å²) >= 11 is 1.96. The van der Waals surface area contributed by atoms with Gasteiger partial charge in [-0.25, -0.2) is 9.78 Å². The quantitative estimate of drug-likeness (QED) is 0.823. The summed E-state index contributed by atoms with van der Waals surface area (Å²) in [5, 5.41) is 3.38. The first-order valence-corrected chi connectivity index (χ1v) is 7.63. The summed E-state index contributed by atoms with van der Waals surface area (Å²) in [7, 11) is 0. The smallest absolute Gasteiger partial charge is 0.340 e. The Morgan fingerprint density at radius 1 is 1.58 bits per heavy atom. The minimum Gasteiger partial charge on any atom is -0.462 e. The fourth-order valence-electron chi connectivity index (χ4n) is 2.03. The number of carbonyl (C=O) groups is 1. The Balaban J connectivity index is 2.15. The van der Waals surface area contributed by atoms with Gasteiger partial charge in [0.1, 0.15) is 5.82 Å². The molecule has 3 N–H and O–H groups in total. The standard InChI is InChI=1S/C13H19N3O2S/c1-2-18-13(17)10-7-12(14)15-8-11(10)16-9-3-5-19-6-4-9/h7-9,16H,2-6H2,1H3,(H2,14,15). The summed E-state index contributed by atoms with van der Waals surface area (Å²) in [5.74, 6) is 2.26. The zero-order chi connectivity index (χ0) is 13.7. The molecular formula is C13H19N3O2S. The minimum atomic E-state index is -0.357. The van der Waals surface area contributed by atoms with Gasteiger partial charge in [0.15, 0.2) is 0 Å². The predicted octanol–water partition coefficient (Wildman–Crippen LogP) is 2.15. The number of nitrogens with one attached hydrogen (secondary N) is 1. The number of nitrogens with two attached hydrogens (primary N) is 1. The number of hydrogen-bond acceptors (Lipinski definition) is 6. The van der Waals surface area contributed by atoms with Crippen LogP contribution in [0.3, 0.4) is 0 Å². The van der Waals surface area contributed by atoms with Crippen LogP contribution in [0.25, 0.3) is 0 Å². The number of aromatic nitrogens is 1. The molecule has 0 bridgehead atoms. The Hall–Kier alpha value is -1.43. The third-order valence-electron chi connectivity index (χ3n) is 3.00. The van der Waals surface area contributed by atoms with E-state index in [1.54, 1.807) is 19.2 Å². The Labute approximate surface area is 117 Å². The molecule has 0 amide bonds. The molecule has 1 aliphatic heterocycles. The van der Waals surface area contributed by atoms with Gasteiger partial charge in [-0.15, -0.1) is 0 Å². The molecule has 2 rings (SSSR count). The first-order valence-electron chi connectivity index (χ1n) is 6.47. The van der Waals surface area contributed by atoms with Crippen LogP contribution in [0.2, 0.25) is 0 Å². The van der Waals surface area contributed by atoms with Gasteiger partial charge in [-0.3, -0.25) is 0 Å². The van der Waals surface area contributed by atoms with Crippen LogP contribution in [-0.4, -0.2) is 35.1 Å². The van der Waals surface area contributed by atoms with E-state index in [1.807, 2.05) is 11.8 Å². The molecular weight excluding hydrogens is 262 g/mol. The maximum absolute atomic E-state index is 11.9. The number of esters is 1. The maximum atomic E-state index is 11.9. The lowest BCUT2D eigenvalue weighted by atomic mass is 10.1. The average molecular weight is 281 g/mol. The molecule has 0 saturated carbocycles. The summed E-state index contributed by atoms with van der Waals surface area (Å²) in [6, 6.07) is 1.96. The number of rotatable bonds is 4. The van der Waals surface area contributed by atoms with Crippen LogP contribution < -0.4 is 11.1 Å². The molecule has 0 spiro atoms. The molecule has 0 aromatic carbocycles. The molecule has 1 aromatic rings. The van der Waals surface area contributed by atoms with E-state index in [9.17, 15) is 4.79 Å². The highest BCUT2D eigenvalue weighted by atomic mass is 32.2. The van der Waals surface area contributed by atoms with Gasteiger partial charge in [0.05, 0.1) is 24.1 Å². The van der Waals surface area contributed by atoms with Gasteiger partial charge >= 0.3 is 5.97 Å². The van der Waals surface area contributed by atoms with Crippen LogP contribution in [0.15, 0.2) is 12.3 Å². The number of nitrogen functional groups attached to an aromatic ring is 1. The average Bonchev–Trinajstić information content (AvgIpc) is 2.42. The summed E-state index contributed by atoms with van der Waals surface area (Å²) in [4.78, 5) is 16.0. The molecule has 1 aromatic heterocycles. The molecule has 1 saturated heterocycles. The molecule has 0 unspecified atom stereocenters. The lowest BCUT2D eigenvalue weighted by molar-refractivity contribution is 0.0527. The highest BCUT2D eigenvalue weighted by Crippen LogP contribution is 2.24. The Morgan fingerprint density at radius 2 is 2.32 bits per heavy atom. The molecule has 104 valence electrons. The van der Waals surface area contributed by atoms with Crippen molar-refractivity contribution in [2.24, 2.45) is 0 Å². The van der Waals surface area contributed by atoms with Gasteiger partial charge in [-0.2, -0.15) is 11.8 Å². The Bertz CT molecular complexity index is 448. The van der Waals surface area contributed by atoms with Gasteiger partial charge < -0.3 is 15.8 Å². The van der Waals surface area contributed by atoms with E-state index in [0.717, 1.165) is 24.3 Å². The molecule has 0 radical (unpaired) electrons. The summed E-state index contributed by atoms with van der Waals surface area (Å²) in [5.41, 5.74) is 6.82. The van der Waals surface area contributed by atoms with Gasteiger partial charge in [0.2, 0.25) is 0 Å². The van der Waals surface area contributed by atoms with Crippen molar-refractivity contribution < 1.29 is 9.53 Å². The molecule has 0 atom stereocenters. The van der Waals surface area contributed by atoms with E-state index in [-0.39, 0.29) is 5.97 Å². The number of hydrogen-bond donors (Lipinski definition) is 2. The summed E-state index contributed by atoms with van der Waals surface area (Å²) in [6.07, 6.45) is 3.80. The van der Waals surface area contributed by atoms with Crippen molar-refractivity contribution in [2.45, 2.75) is 25.8 Å². The van der Waals surface area contributed by atoms with Gasteiger partial charge in [-0.1, -0.05) is 0 Å². The second kappa shape index (κ2) is 6.65. The van der Waals surface area contributed by atoms with Crippen molar-refractivity contribution in [3.8, 4) is 0 Å². The monoisotopic (exact) mass is 281 g/mol. The van der Waals surface area contributed by atoms with Crippen LogP contribution in [0.5, 0.6) is 0 Å². The normalized spacial score (nSPS) is 16.1. The van der Waals surface area contributed by atoms with Crippen LogP contribution in [0.4, 0.5) is 11.5 Å². The Kier molecular flexibility index (Phi) is 4.90. The van der Waals surface area contributed by atoms with E-state index in [2.05, 4.69) is 10.3 Å². The van der Waals surface area contributed by atoms with Crippen LogP contribution >= 0.6 is 11.8 Å². The third kappa shape index (κ3) is 3.76. The highest BCUT2D eigenvalue weighted by Gasteiger charge is 2.18. The highest BCUT2D eigenvalue weighted by molar-refractivity contribution is 7.99. The number of nitrogens with zero attached hydrogens (tertiary/aromatic N) is 1. The molecule has 6 heteroatoms. The summed E-state index contributed by atoms with van der Waals surface area (Å²) in [6.45, 7) is 2.13. The van der Waals surface area contributed by atoms with Gasteiger partial charge in [0, 0.05) is 6.04 Å². The molecule has 0 aliphatic carbocycles. The lowest BCUT2D eigenvalue weighted by Crippen LogP contribution is -2.26. The maximum Gasteiger partial charge on any atom is 0.340 e.